The third-order valence-electron chi connectivity index (χ3n) is 8.67. The zero-order valence-electron chi connectivity index (χ0n) is 33.8. The Balaban J connectivity index is 0.938. The molecule has 0 bridgehead atoms. The molecule has 0 saturated carbocycles. The van der Waals surface area contributed by atoms with Crippen LogP contribution in [0.3, 0.4) is 0 Å². The summed E-state index contributed by atoms with van der Waals surface area (Å²) in [6.45, 7) is 2.51. The molecule has 6 aromatic rings. The summed E-state index contributed by atoms with van der Waals surface area (Å²) in [6, 6.07) is 32.9. The fourth-order valence-electron chi connectivity index (χ4n) is 5.54. The van der Waals surface area contributed by atoms with Crippen LogP contribution in [-0.4, -0.2) is 57.9 Å². The van der Waals surface area contributed by atoms with Crippen molar-refractivity contribution in [3.63, 3.8) is 0 Å². The maximum absolute atomic E-state index is 12.8. The number of carbonyl (C=O) groups excluding carboxylic acids is 5. The van der Waals surface area contributed by atoms with Gasteiger partial charge in [-0.05, 0) is 128 Å². The van der Waals surface area contributed by atoms with Crippen LogP contribution in [0.5, 0.6) is 51.7 Å². The van der Waals surface area contributed by atoms with Crippen molar-refractivity contribution >= 4 is 35.7 Å². The van der Waals surface area contributed by atoms with Gasteiger partial charge < -0.3 is 47.9 Å². The van der Waals surface area contributed by atoms with E-state index in [-0.39, 0.29) is 45.4 Å². The molecule has 0 heterocycles. The number of esters is 3. The van der Waals surface area contributed by atoms with Crippen LogP contribution < -0.4 is 47.9 Å². The number of nitrogens with one attached hydrogen (secondary N) is 1. The van der Waals surface area contributed by atoms with E-state index in [4.69, 9.17) is 42.6 Å². The number of hydrogen-bond donors (Lipinski definition) is 1. The van der Waals surface area contributed by atoms with Gasteiger partial charge in [0.05, 0.1) is 44.6 Å². The molecule has 0 atom stereocenters. The van der Waals surface area contributed by atoms with Crippen molar-refractivity contribution in [1.29, 1.82) is 0 Å². The Labute approximate surface area is 355 Å². The normalized spacial score (nSPS) is 10.4. The highest BCUT2D eigenvalue weighted by Crippen LogP contribution is 2.28. The Hall–Kier alpha value is -8.33. The number of amides is 1. The van der Waals surface area contributed by atoms with Crippen LogP contribution in [0.1, 0.15) is 54.8 Å². The zero-order valence-corrected chi connectivity index (χ0v) is 33.8. The molecular formula is C47H39NO14. The van der Waals surface area contributed by atoms with Gasteiger partial charge in [0.1, 0.15) is 57.3 Å². The molecule has 0 aliphatic carbocycles. The second-order valence-corrected chi connectivity index (χ2v) is 12.9. The minimum atomic E-state index is -1.05. The maximum Gasteiger partial charge on any atom is 0.519 e. The molecule has 0 aliphatic heterocycles. The highest BCUT2D eigenvalue weighted by Gasteiger charge is 2.18. The fourth-order valence-corrected chi connectivity index (χ4v) is 5.54. The van der Waals surface area contributed by atoms with Gasteiger partial charge in [0.25, 0.3) is 5.91 Å². The molecule has 316 valence electrons. The second kappa shape index (κ2) is 20.6. The van der Waals surface area contributed by atoms with Crippen LogP contribution in [-0.2, 0) is 0 Å². The molecule has 1 N–H and O–H groups in total. The molecule has 6 aromatic carbocycles. The number of carbonyl (C=O) groups is 5. The molecule has 0 aromatic heterocycles. The van der Waals surface area contributed by atoms with Crippen molar-refractivity contribution in [3.8, 4) is 51.7 Å². The van der Waals surface area contributed by atoms with Gasteiger partial charge in [-0.15, -0.1) is 0 Å². The first-order valence-corrected chi connectivity index (χ1v) is 18.9. The monoisotopic (exact) mass is 841 g/mol. The van der Waals surface area contributed by atoms with Crippen LogP contribution in [0, 0.1) is 0 Å². The summed E-state index contributed by atoms with van der Waals surface area (Å²) in [5, 5.41) is 2.76. The van der Waals surface area contributed by atoms with Crippen LogP contribution in [0.25, 0.3) is 0 Å². The molecule has 62 heavy (non-hydrogen) atoms. The topological polar surface area (TPSA) is 180 Å². The van der Waals surface area contributed by atoms with Crippen molar-refractivity contribution in [1.82, 2.24) is 0 Å². The van der Waals surface area contributed by atoms with Crippen LogP contribution in [0.2, 0.25) is 0 Å². The predicted molar refractivity (Wildman–Crippen MR) is 224 cm³/mol. The minimum Gasteiger partial charge on any atom is -0.497 e. The van der Waals surface area contributed by atoms with E-state index in [1.54, 1.807) is 48.5 Å². The number of rotatable bonds is 16. The molecule has 0 radical (unpaired) electrons. The SMILES string of the molecule is CCCOc1ccc(C(=O)Oc2ccc(C(=O)Oc3ccc(OC(=O)Oc4ccc(OC(=O)c5ccc(NC(=O)c6ccc(OC)cc6OC)cc5)cc4)cc3)cc2)c(OC)c1. The largest absolute Gasteiger partial charge is 0.519 e. The van der Waals surface area contributed by atoms with Crippen LogP contribution in [0.15, 0.2) is 133 Å². The number of hydrogen-bond acceptors (Lipinski definition) is 14. The standard InChI is InChI=1S/C47H39NO14/c1-5-26-57-38-23-25-40(42(28-38)56-4)46(52)60-32-12-8-30(9-13-32)45(51)59-34-16-20-36(21-17-34)62-47(53)61-35-18-14-33(15-19-35)58-44(50)29-6-10-31(11-7-29)48-43(49)39-24-22-37(54-2)27-41(39)55-3/h6-25,27-28H,5,26H2,1-4H3,(H,48,49). The van der Waals surface area contributed by atoms with Gasteiger partial charge in [0.2, 0.25) is 0 Å². The third-order valence-corrected chi connectivity index (χ3v) is 8.67. The average Bonchev–Trinajstić information content (AvgIpc) is 3.29. The van der Waals surface area contributed by atoms with Gasteiger partial charge in [-0.25, -0.2) is 19.2 Å². The molecule has 0 fully saturated rings. The van der Waals surface area contributed by atoms with Gasteiger partial charge >= 0.3 is 24.1 Å². The highest BCUT2D eigenvalue weighted by molar-refractivity contribution is 6.06. The molecule has 1 amide bonds. The number of anilines is 1. The summed E-state index contributed by atoms with van der Waals surface area (Å²) in [6.07, 6.45) is -0.217. The van der Waals surface area contributed by atoms with E-state index >= 15 is 0 Å². The van der Waals surface area contributed by atoms with Crippen molar-refractivity contribution in [2.45, 2.75) is 13.3 Å². The first-order chi connectivity index (χ1) is 30.0. The molecule has 0 aliphatic rings. The van der Waals surface area contributed by atoms with Crippen molar-refractivity contribution in [3.05, 3.63) is 156 Å². The first kappa shape index (κ1) is 43.3. The van der Waals surface area contributed by atoms with E-state index in [0.717, 1.165) is 6.42 Å². The van der Waals surface area contributed by atoms with Crippen molar-refractivity contribution in [2.24, 2.45) is 0 Å². The maximum atomic E-state index is 12.8. The second-order valence-electron chi connectivity index (χ2n) is 12.9. The lowest BCUT2D eigenvalue weighted by molar-refractivity contribution is 0.0722. The molecule has 0 saturated heterocycles. The lowest BCUT2D eigenvalue weighted by atomic mass is 10.1. The quantitative estimate of drug-likeness (QED) is 0.0554. The van der Waals surface area contributed by atoms with Crippen LogP contribution in [0.4, 0.5) is 10.5 Å². The summed E-state index contributed by atoms with van der Waals surface area (Å²) >= 11 is 0. The summed E-state index contributed by atoms with van der Waals surface area (Å²) in [4.78, 5) is 63.7. The van der Waals surface area contributed by atoms with Gasteiger partial charge in [-0.3, -0.25) is 4.79 Å². The van der Waals surface area contributed by atoms with E-state index in [2.05, 4.69) is 5.32 Å². The Morgan fingerprint density at radius 1 is 0.435 bits per heavy atom. The van der Waals surface area contributed by atoms with Gasteiger partial charge in [-0.2, -0.15) is 0 Å². The summed E-state index contributed by atoms with van der Waals surface area (Å²) in [5.74, 6) is 0.112. The number of ether oxygens (including phenoxy) is 9. The summed E-state index contributed by atoms with van der Waals surface area (Å²) < 4.78 is 48.2. The number of benzene rings is 6. The highest BCUT2D eigenvalue weighted by atomic mass is 16.7. The predicted octanol–water partition coefficient (Wildman–Crippen LogP) is 8.99. The molecule has 0 unspecified atom stereocenters. The zero-order chi connectivity index (χ0) is 44.0. The summed E-state index contributed by atoms with van der Waals surface area (Å²) in [5.41, 5.74) is 1.36. The molecule has 6 rings (SSSR count). The molecule has 15 nitrogen and oxygen atoms in total. The Morgan fingerprint density at radius 2 is 0.839 bits per heavy atom. The average molecular weight is 842 g/mol. The van der Waals surface area contributed by atoms with Gasteiger partial charge in [0.15, 0.2) is 0 Å². The van der Waals surface area contributed by atoms with E-state index in [0.29, 0.717) is 40.9 Å². The smallest absolute Gasteiger partial charge is 0.497 e. The lowest BCUT2D eigenvalue weighted by Crippen LogP contribution is -2.14. The Morgan fingerprint density at radius 3 is 1.34 bits per heavy atom. The van der Waals surface area contributed by atoms with Gasteiger partial charge in [0, 0.05) is 17.8 Å². The van der Waals surface area contributed by atoms with Crippen LogP contribution >= 0.6 is 0 Å². The lowest BCUT2D eigenvalue weighted by Gasteiger charge is -2.11. The third kappa shape index (κ3) is 11.4. The first-order valence-electron chi connectivity index (χ1n) is 18.9. The number of methoxy groups -OCH3 is 3. The minimum absolute atomic E-state index is 0.109. The Bertz CT molecular complexity index is 2540. The molecule has 0 spiro atoms. The molecular weight excluding hydrogens is 803 g/mol. The van der Waals surface area contributed by atoms with E-state index in [9.17, 15) is 24.0 Å². The fraction of sp³-hybridized carbons (Fsp3) is 0.128. The van der Waals surface area contributed by atoms with E-state index in [1.807, 2.05) is 6.92 Å². The van der Waals surface area contributed by atoms with Gasteiger partial charge in [-0.1, -0.05) is 6.92 Å². The summed E-state index contributed by atoms with van der Waals surface area (Å²) in [7, 11) is 4.40. The molecule has 15 heteroatoms. The van der Waals surface area contributed by atoms with Crippen molar-refractivity contribution < 1.29 is 66.6 Å². The van der Waals surface area contributed by atoms with Crippen molar-refractivity contribution in [2.75, 3.05) is 33.3 Å². The Kier molecular flexibility index (Phi) is 14.4. The van der Waals surface area contributed by atoms with E-state index in [1.165, 1.54) is 106 Å². The van der Waals surface area contributed by atoms with E-state index < -0.39 is 30.0 Å².